The fourth-order valence-corrected chi connectivity index (χ4v) is 2.03. The number of carboxylic acid groups (broad SMARTS) is 1. The zero-order valence-corrected chi connectivity index (χ0v) is 13.1. The van der Waals surface area contributed by atoms with Crippen LogP contribution in [-0.2, 0) is 11.3 Å². The van der Waals surface area contributed by atoms with E-state index in [9.17, 15) is 18.4 Å². The highest BCUT2D eigenvalue weighted by atomic mass is 79.9. The molecule has 0 bridgehead atoms. The van der Waals surface area contributed by atoms with Crippen LogP contribution in [0.15, 0.2) is 16.6 Å². The van der Waals surface area contributed by atoms with Gasteiger partial charge in [-0.05, 0) is 17.7 Å². The highest BCUT2D eigenvalue weighted by molar-refractivity contribution is 9.10. The van der Waals surface area contributed by atoms with Crippen LogP contribution in [0.25, 0.3) is 0 Å². The second-order valence-electron chi connectivity index (χ2n) is 4.64. The molecule has 1 aromatic carbocycles. The molecule has 2 N–H and O–H groups in total. The summed E-state index contributed by atoms with van der Waals surface area (Å²) >= 11 is 3.08. The van der Waals surface area contributed by atoms with Crippen LogP contribution in [0.5, 0.6) is 0 Å². The first-order valence-corrected chi connectivity index (χ1v) is 6.86. The molecular formula is C13H15BrF2N2O3. The van der Waals surface area contributed by atoms with E-state index in [-0.39, 0.29) is 13.1 Å². The van der Waals surface area contributed by atoms with Gasteiger partial charge in [0.25, 0.3) is 0 Å². The average molecular weight is 365 g/mol. The molecule has 0 spiro atoms. The maximum absolute atomic E-state index is 13.1. The molecule has 0 aliphatic rings. The number of urea groups is 1. The Kier molecular flexibility index (Phi) is 6.07. The van der Waals surface area contributed by atoms with E-state index in [4.69, 9.17) is 5.11 Å². The summed E-state index contributed by atoms with van der Waals surface area (Å²) in [6, 6.07) is 1.46. The molecule has 1 aromatic rings. The number of carbonyl (C=O) groups excluding carboxylic acids is 1. The van der Waals surface area contributed by atoms with Gasteiger partial charge in [-0.2, -0.15) is 0 Å². The molecule has 0 fully saturated rings. The number of rotatable bonds is 5. The van der Waals surface area contributed by atoms with E-state index in [0.29, 0.717) is 10.0 Å². The van der Waals surface area contributed by atoms with Crippen molar-refractivity contribution in [2.45, 2.75) is 13.5 Å². The summed E-state index contributed by atoms with van der Waals surface area (Å²) in [5.41, 5.74) is 0.377. The molecule has 0 aliphatic carbocycles. The second-order valence-corrected chi connectivity index (χ2v) is 5.49. The minimum Gasteiger partial charge on any atom is -0.481 e. The number of carboxylic acids is 1. The Morgan fingerprint density at radius 3 is 2.52 bits per heavy atom. The lowest BCUT2D eigenvalue weighted by molar-refractivity contribution is -0.141. The van der Waals surface area contributed by atoms with Crippen molar-refractivity contribution < 1.29 is 23.5 Å². The Bertz CT molecular complexity index is 554. The molecular weight excluding hydrogens is 350 g/mol. The van der Waals surface area contributed by atoms with E-state index in [1.807, 2.05) is 0 Å². The van der Waals surface area contributed by atoms with E-state index in [0.717, 1.165) is 12.1 Å². The predicted molar refractivity (Wildman–Crippen MR) is 75.7 cm³/mol. The Balaban J connectivity index is 2.61. The van der Waals surface area contributed by atoms with Gasteiger partial charge >= 0.3 is 12.0 Å². The van der Waals surface area contributed by atoms with Gasteiger partial charge in [0.15, 0.2) is 11.6 Å². The average Bonchev–Trinajstić information content (AvgIpc) is 2.40. The molecule has 1 atom stereocenters. The van der Waals surface area contributed by atoms with Gasteiger partial charge in [0, 0.05) is 24.6 Å². The van der Waals surface area contributed by atoms with Gasteiger partial charge in [-0.1, -0.05) is 22.9 Å². The standard InChI is InChI=1S/C13H15BrF2N2O3/c1-7(12(19)20)6-18(2)13(21)17-5-8-3-10(15)11(16)4-9(8)14/h3-4,7H,5-6H2,1-2H3,(H,17,21)(H,19,20). The van der Waals surface area contributed by atoms with Crippen molar-refractivity contribution in [1.29, 1.82) is 0 Å². The van der Waals surface area contributed by atoms with Gasteiger partial charge in [0.1, 0.15) is 0 Å². The third-order valence-corrected chi connectivity index (χ3v) is 3.57. The summed E-state index contributed by atoms with van der Waals surface area (Å²) in [6.45, 7) is 1.51. The Morgan fingerprint density at radius 1 is 1.38 bits per heavy atom. The third-order valence-electron chi connectivity index (χ3n) is 2.84. The van der Waals surface area contributed by atoms with E-state index in [2.05, 4.69) is 21.2 Å². The zero-order chi connectivity index (χ0) is 16.2. The van der Waals surface area contributed by atoms with Crippen molar-refractivity contribution in [3.8, 4) is 0 Å². The molecule has 2 amide bonds. The highest BCUT2D eigenvalue weighted by Gasteiger charge is 2.17. The minimum absolute atomic E-state index is 0.0115. The number of hydrogen-bond acceptors (Lipinski definition) is 2. The van der Waals surface area contributed by atoms with Crippen molar-refractivity contribution in [3.63, 3.8) is 0 Å². The normalized spacial score (nSPS) is 11.9. The quantitative estimate of drug-likeness (QED) is 0.789. The summed E-state index contributed by atoms with van der Waals surface area (Å²) in [6.07, 6.45) is 0. The van der Waals surface area contributed by atoms with E-state index in [1.54, 1.807) is 0 Å². The van der Waals surface area contributed by atoms with Crippen LogP contribution < -0.4 is 5.32 Å². The summed E-state index contributed by atoms with van der Waals surface area (Å²) in [7, 11) is 1.45. The molecule has 1 unspecified atom stereocenters. The lowest BCUT2D eigenvalue weighted by atomic mass is 10.2. The van der Waals surface area contributed by atoms with Crippen molar-refractivity contribution in [2.24, 2.45) is 5.92 Å². The number of halogens is 3. The lowest BCUT2D eigenvalue weighted by Gasteiger charge is -2.20. The van der Waals surface area contributed by atoms with Crippen LogP contribution in [0.4, 0.5) is 13.6 Å². The topological polar surface area (TPSA) is 69.6 Å². The summed E-state index contributed by atoms with van der Waals surface area (Å²) in [5, 5.41) is 11.3. The fraction of sp³-hybridized carbons (Fsp3) is 0.385. The molecule has 0 saturated carbocycles. The number of nitrogens with zero attached hydrogens (tertiary/aromatic N) is 1. The van der Waals surface area contributed by atoms with Crippen molar-refractivity contribution in [3.05, 3.63) is 33.8 Å². The monoisotopic (exact) mass is 364 g/mol. The number of hydrogen-bond donors (Lipinski definition) is 2. The molecule has 0 aliphatic heterocycles. The SMILES string of the molecule is CC(CN(C)C(=O)NCc1cc(F)c(F)cc1Br)C(=O)O. The summed E-state index contributed by atoms with van der Waals surface area (Å²) < 4.78 is 26.4. The molecule has 0 saturated heterocycles. The molecule has 8 heteroatoms. The lowest BCUT2D eigenvalue weighted by Crippen LogP contribution is -2.40. The summed E-state index contributed by atoms with van der Waals surface area (Å²) in [5.74, 6) is -3.69. The maximum Gasteiger partial charge on any atom is 0.317 e. The van der Waals surface area contributed by atoms with E-state index in [1.165, 1.54) is 18.9 Å². The van der Waals surface area contributed by atoms with Crippen LogP contribution in [0.1, 0.15) is 12.5 Å². The first kappa shape index (κ1) is 17.4. The first-order valence-electron chi connectivity index (χ1n) is 6.07. The molecule has 0 aromatic heterocycles. The largest absolute Gasteiger partial charge is 0.481 e. The van der Waals surface area contributed by atoms with Crippen LogP contribution in [0.3, 0.4) is 0 Å². The number of amides is 2. The molecule has 0 heterocycles. The Morgan fingerprint density at radius 2 is 1.95 bits per heavy atom. The predicted octanol–water partition coefficient (Wildman–Crippen LogP) is 2.59. The van der Waals surface area contributed by atoms with Gasteiger partial charge in [-0.25, -0.2) is 13.6 Å². The fourth-order valence-electron chi connectivity index (χ4n) is 1.58. The van der Waals surface area contributed by atoms with E-state index >= 15 is 0 Å². The zero-order valence-electron chi connectivity index (χ0n) is 11.5. The van der Waals surface area contributed by atoms with Gasteiger partial charge in [0.2, 0.25) is 0 Å². The maximum atomic E-state index is 13.1. The van der Waals surface area contributed by atoms with Crippen molar-refractivity contribution >= 4 is 27.9 Å². The number of carbonyl (C=O) groups is 2. The molecule has 116 valence electrons. The van der Waals surface area contributed by atoms with Crippen LogP contribution >= 0.6 is 15.9 Å². The van der Waals surface area contributed by atoms with Gasteiger partial charge < -0.3 is 15.3 Å². The Labute approximate surface area is 129 Å². The molecule has 0 radical (unpaired) electrons. The minimum atomic E-state index is -1.00. The van der Waals surface area contributed by atoms with Gasteiger partial charge in [-0.15, -0.1) is 0 Å². The van der Waals surface area contributed by atoms with Crippen molar-refractivity contribution in [2.75, 3.05) is 13.6 Å². The number of aliphatic carboxylic acids is 1. The Hall–Kier alpha value is -1.70. The first-order chi connectivity index (χ1) is 9.72. The highest BCUT2D eigenvalue weighted by Crippen LogP contribution is 2.20. The van der Waals surface area contributed by atoms with E-state index < -0.39 is 29.6 Å². The smallest absolute Gasteiger partial charge is 0.317 e. The summed E-state index contributed by atoms with van der Waals surface area (Å²) in [4.78, 5) is 23.7. The molecule has 1 rings (SSSR count). The van der Waals surface area contributed by atoms with Crippen LogP contribution in [-0.4, -0.2) is 35.6 Å². The van der Waals surface area contributed by atoms with Gasteiger partial charge in [-0.3, -0.25) is 4.79 Å². The third kappa shape index (κ3) is 4.96. The van der Waals surface area contributed by atoms with Gasteiger partial charge in [0.05, 0.1) is 5.92 Å². The number of benzene rings is 1. The molecule has 21 heavy (non-hydrogen) atoms. The molecule has 5 nitrogen and oxygen atoms in total. The van der Waals surface area contributed by atoms with Crippen LogP contribution in [0, 0.1) is 17.6 Å². The van der Waals surface area contributed by atoms with Crippen molar-refractivity contribution in [1.82, 2.24) is 10.2 Å². The van der Waals surface area contributed by atoms with Crippen LogP contribution in [0.2, 0.25) is 0 Å². The number of nitrogens with one attached hydrogen (secondary N) is 1. The second kappa shape index (κ2) is 7.35.